The fraction of sp³-hybridized carbons (Fsp3) is 0.154. The number of fused-ring (bicyclic) bond motifs is 1. The van der Waals surface area contributed by atoms with Gasteiger partial charge in [-0.3, -0.25) is 9.38 Å². The van der Waals surface area contributed by atoms with E-state index in [0.717, 1.165) is 17.2 Å². The highest BCUT2D eigenvalue weighted by Crippen LogP contribution is 2.11. The van der Waals surface area contributed by atoms with Gasteiger partial charge in [-0.05, 0) is 36.2 Å². The van der Waals surface area contributed by atoms with Crippen molar-refractivity contribution in [3.63, 3.8) is 0 Å². The average Bonchev–Trinajstić information content (AvgIpc) is 2.80. The van der Waals surface area contributed by atoms with Gasteiger partial charge in [-0.15, -0.1) is 10.2 Å². The predicted octanol–water partition coefficient (Wildman–Crippen LogP) is 2.04. The fourth-order valence-electron chi connectivity index (χ4n) is 1.80. The largest absolute Gasteiger partial charge is 0.350 e. The van der Waals surface area contributed by atoms with Gasteiger partial charge in [-0.2, -0.15) is 0 Å². The third-order valence-corrected chi connectivity index (χ3v) is 2.74. The van der Waals surface area contributed by atoms with Crippen LogP contribution in [0.15, 0.2) is 42.9 Å². The van der Waals surface area contributed by atoms with Crippen molar-refractivity contribution in [2.24, 2.45) is 0 Å². The van der Waals surface area contributed by atoms with Crippen LogP contribution in [-0.2, 0) is 6.54 Å². The smallest absolute Gasteiger partial charge is 0.229 e. The number of rotatable bonds is 3. The molecule has 18 heavy (non-hydrogen) atoms. The van der Waals surface area contributed by atoms with E-state index in [4.69, 9.17) is 0 Å². The molecule has 0 aromatic carbocycles. The minimum absolute atomic E-state index is 0.683. The Morgan fingerprint density at radius 2 is 2.22 bits per heavy atom. The summed E-state index contributed by atoms with van der Waals surface area (Å²) in [6, 6.07) is 7.98. The van der Waals surface area contributed by atoms with Crippen LogP contribution in [0.4, 0.5) is 5.95 Å². The van der Waals surface area contributed by atoms with Gasteiger partial charge < -0.3 is 5.32 Å². The van der Waals surface area contributed by atoms with E-state index in [2.05, 4.69) is 20.5 Å². The second-order valence-electron chi connectivity index (χ2n) is 4.17. The Balaban J connectivity index is 1.83. The van der Waals surface area contributed by atoms with Crippen molar-refractivity contribution in [1.82, 2.24) is 19.6 Å². The van der Waals surface area contributed by atoms with Crippen molar-refractivity contribution in [2.75, 3.05) is 5.32 Å². The Hall–Kier alpha value is -2.43. The molecule has 0 unspecified atom stereocenters. The minimum Gasteiger partial charge on any atom is -0.350 e. The van der Waals surface area contributed by atoms with E-state index >= 15 is 0 Å². The Bertz CT molecular complexity index is 659. The molecule has 5 nitrogen and oxygen atoms in total. The van der Waals surface area contributed by atoms with E-state index in [9.17, 15) is 0 Å². The molecule has 3 aromatic heterocycles. The molecule has 3 heterocycles. The van der Waals surface area contributed by atoms with Crippen molar-refractivity contribution < 1.29 is 0 Å². The first-order chi connectivity index (χ1) is 8.83. The number of hydrogen-bond acceptors (Lipinski definition) is 4. The summed E-state index contributed by atoms with van der Waals surface area (Å²) in [4.78, 5) is 4.08. The molecule has 0 saturated carbocycles. The van der Waals surface area contributed by atoms with Crippen LogP contribution in [-0.4, -0.2) is 19.6 Å². The standard InChI is InChI=1S/C13H13N5/c1-10-4-6-18-12(7-10)16-17-13(18)15-9-11-3-2-5-14-8-11/h2-8H,9H2,1H3,(H,15,17). The average molecular weight is 239 g/mol. The third kappa shape index (κ3) is 2.02. The minimum atomic E-state index is 0.683. The number of nitrogens with one attached hydrogen (secondary N) is 1. The maximum atomic E-state index is 4.13. The summed E-state index contributed by atoms with van der Waals surface area (Å²) in [5.41, 5.74) is 3.14. The summed E-state index contributed by atoms with van der Waals surface area (Å²) in [5.74, 6) is 0.744. The number of aryl methyl sites for hydroxylation is 1. The molecule has 3 aromatic rings. The number of aromatic nitrogens is 4. The van der Waals surface area contributed by atoms with Gasteiger partial charge >= 0.3 is 0 Å². The van der Waals surface area contributed by atoms with Crippen LogP contribution >= 0.6 is 0 Å². The highest BCUT2D eigenvalue weighted by atomic mass is 15.3. The zero-order valence-electron chi connectivity index (χ0n) is 10.0. The Morgan fingerprint density at radius 1 is 1.28 bits per heavy atom. The molecule has 3 rings (SSSR count). The van der Waals surface area contributed by atoms with Crippen LogP contribution in [0.3, 0.4) is 0 Å². The van der Waals surface area contributed by atoms with Gasteiger partial charge in [0.25, 0.3) is 0 Å². The lowest BCUT2D eigenvalue weighted by Crippen LogP contribution is -2.03. The lowest BCUT2D eigenvalue weighted by molar-refractivity contribution is 1.02. The highest BCUT2D eigenvalue weighted by Gasteiger charge is 2.04. The molecule has 0 aliphatic carbocycles. The van der Waals surface area contributed by atoms with E-state index < -0.39 is 0 Å². The third-order valence-electron chi connectivity index (χ3n) is 2.74. The van der Waals surface area contributed by atoms with E-state index in [1.54, 1.807) is 6.20 Å². The number of anilines is 1. The molecule has 5 heteroatoms. The van der Waals surface area contributed by atoms with Gasteiger partial charge in [0, 0.05) is 25.1 Å². The molecule has 0 radical (unpaired) electrons. The van der Waals surface area contributed by atoms with Crippen LogP contribution in [0.2, 0.25) is 0 Å². The molecule has 1 N–H and O–H groups in total. The monoisotopic (exact) mass is 239 g/mol. The Morgan fingerprint density at radius 3 is 3.06 bits per heavy atom. The van der Waals surface area contributed by atoms with Crippen LogP contribution in [0.5, 0.6) is 0 Å². The van der Waals surface area contributed by atoms with Crippen LogP contribution in [0.1, 0.15) is 11.1 Å². The molecule has 0 aliphatic rings. The van der Waals surface area contributed by atoms with E-state index in [1.165, 1.54) is 5.56 Å². The lowest BCUT2D eigenvalue weighted by Gasteiger charge is -2.04. The SMILES string of the molecule is Cc1ccn2c(NCc3cccnc3)nnc2c1. The summed E-state index contributed by atoms with van der Waals surface area (Å²) in [5, 5.41) is 11.5. The number of pyridine rings is 2. The maximum absolute atomic E-state index is 4.13. The highest BCUT2D eigenvalue weighted by molar-refractivity contribution is 5.47. The van der Waals surface area contributed by atoms with Gasteiger partial charge in [0.15, 0.2) is 5.65 Å². The second-order valence-corrected chi connectivity index (χ2v) is 4.17. The van der Waals surface area contributed by atoms with Crippen LogP contribution < -0.4 is 5.32 Å². The topological polar surface area (TPSA) is 55.1 Å². The molecule has 0 bridgehead atoms. The van der Waals surface area contributed by atoms with Crippen molar-refractivity contribution >= 4 is 11.6 Å². The summed E-state index contributed by atoms with van der Waals surface area (Å²) >= 11 is 0. The first-order valence-electron chi connectivity index (χ1n) is 5.77. The molecule has 0 saturated heterocycles. The zero-order chi connectivity index (χ0) is 12.4. The van der Waals surface area contributed by atoms with Crippen molar-refractivity contribution in [3.8, 4) is 0 Å². The molecule has 0 fully saturated rings. The molecule has 0 atom stereocenters. The first kappa shape index (κ1) is 10.7. The Kier molecular flexibility index (Phi) is 2.64. The maximum Gasteiger partial charge on any atom is 0.229 e. The van der Waals surface area contributed by atoms with E-state index in [-0.39, 0.29) is 0 Å². The Labute approximate surface area is 105 Å². The number of nitrogens with zero attached hydrogens (tertiary/aromatic N) is 4. The van der Waals surface area contributed by atoms with Crippen LogP contribution in [0, 0.1) is 6.92 Å². The van der Waals surface area contributed by atoms with Gasteiger partial charge in [0.2, 0.25) is 5.95 Å². The van der Waals surface area contributed by atoms with Crippen molar-refractivity contribution in [2.45, 2.75) is 13.5 Å². The van der Waals surface area contributed by atoms with Gasteiger partial charge in [-0.25, -0.2) is 0 Å². The van der Waals surface area contributed by atoms with E-state index in [0.29, 0.717) is 6.54 Å². The first-order valence-corrected chi connectivity index (χ1v) is 5.77. The predicted molar refractivity (Wildman–Crippen MR) is 69.3 cm³/mol. The molecule has 0 aliphatic heterocycles. The summed E-state index contributed by atoms with van der Waals surface area (Å²) in [7, 11) is 0. The van der Waals surface area contributed by atoms with Crippen molar-refractivity contribution in [3.05, 3.63) is 54.0 Å². The van der Waals surface area contributed by atoms with E-state index in [1.807, 2.05) is 48.0 Å². The summed E-state index contributed by atoms with van der Waals surface area (Å²) < 4.78 is 1.93. The summed E-state index contributed by atoms with van der Waals surface area (Å²) in [6.45, 7) is 2.72. The molecule has 0 spiro atoms. The summed E-state index contributed by atoms with van der Waals surface area (Å²) in [6.07, 6.45) is 5.56. The second kappa shape index (κ2) is 4.44. The lowest BCUT2D eigenvalue weighted by atomic mass is 10.3. The van der Waals surface area contributed by atoms with Gasteiger partial charge in [0.1, 0.15) is 0 Å². The fourth-order valence-corrected chi connectivity index (χ4v) is 1.80. The molecule has 0 amide bonds. The molecular formula is C13H13N5. The zero-order valence-corrected chi connectivity index (χ0v) is 10.0. The molecule has 90 valence electrons. The molecular weight excluding hydrogens is 226 g/mol. The normalized spacial score (nSPS) is 10.7. The van der Waals surface area contributed by atoms with Crippen molar-refractivity contribution in [1.29, 1.82) is 0 Å². The van der Waals surface area contributed by atoms with Crippen LogP contribution in [0.25, 0.3) is 5.65 Å². The van der Waals surface area contributed by atoms with Gasteiger partial charge in [0.05, 0.1) is 0 Å². The van der Waals surface area contributed by atoms with Gasteiger partial charge in [-0.1, -0.05) is 6.07 Å². The quantitative estimate of drug-likeness (QED) is 0.760. The number of hydrogen-bond donors (Lipinski definition) is 1.